The lowest BCUT2D eigenvalue weighted by Gasteiger charge is -2.16. The van der Waals surface area contributed by atoms with Crippen LogP contribution in [0.2, 0.25) is 0 Å². The first-order valence-electron chi connectivity index (χ1n) is 8.27. The fourth-order valence-corrected chi connectivity index (χ4v) is 3.13. The van der Waals surface area contributed by atoms with Crippen molar-refractivity contribution in [3.63, 3.8) is 0 Å². The molecule has 1 aliphatic heterocycles. The van der Waals surface area contributed by atoms with Gasteiger partial charge in [-0.2, -0.15) is 0 Å². The topological polar surface area (TPSA) is 62.3 Å². The van der Waals surface area contributed by atoms with E-state index < -0.39 is 0 Å². The Labute approximate surface area is 155 Å². The molecule has 0 aliphatic carbocycles. The van der Waals surface area contributed by atoms with Gasteiger partial charge in [-0.3, -0.25) is 9.59 Å². The second kappa shape index (κ2) is 7.78. The highest BCUT2D eigenvalue weighted by atomic mass is 79.9. The van der Waals surface area contributed by atoms with E-state index in [2.05, 4.69) is 26.2 Å². The van der Waals surface area contributed by atoms with Gasteiger partial charge in [0.1, 0.15) is 5.82 Å². The standard InChI is InChI=1S/C19H20BrN3O2/c1-13-9-17(21-11-16(13)20)22-19(25)15-10-18(24)23(12-15)8-7-14-5-3-2-4-6-14/h2-6,9,11,15H,7-8,10,12H2,1H3,(H,21,22,25). The molecule has 5 nitrogen and oxygen atoms in total. The average molecular weight is 402 g/mol. The smallest absolute Gasteiger partial charge is 0.230 e. The molecule has 1 unspecified atom stereocenters. The molecule has 2 heterocycles. The van der Waals surface area contributed by atoms with E-state index in [0.717, 1.165) is 16.5 Å². The van der Waals surface area contributed by atoms with Crippen LogP contribution in [0.25, 0.3) is 0 Å². The summed E-state index contributed by atoms with van der Waals surface area (Å²) in [6, 6.07) is 11.9. The lowest BCUT2D eigenvalue weighted by Crippen LogP contribution is -2.30. The Bertz CT molecular complexity index is 779. The molecule has 0 bridgehead atoms. The lowest BCUT2D eigenvalue weighted by molar-refractivity contribution is -0.128. The van der Waals surface area contributed by atoms with Crippen molar-refractivity contribution in [2.75, 3.05) is 18.4 Å². The number of hydrogen-bond acceptors (Lipinski definition) is 3. The largest absolute Gasteiger partial charge is 0.342 e. The number of amides is 2. The number of rotatable bonds is 5. The van der Waals surface area contributed by atoms with Gasteiger partial charge >= 0.3 is 0 Å². The fourth-order valence-electron chi connectivity index (χ4n) is 2.91. The van der Waals surface area contributed by atoms with Crippen LogP contribution in [0.15, 0.2) is 47.1 Å². The molecule has 1 aromatic carbocycles. The van der Waals surface area contributed by atoms with Crippen LogP contribution in [-0.4, -0.2) is 34.8 Å². The maximum atomic E-state index is 12.4. The Hall–Kier alpha value is -2.21. The molecule has 130 valence electrons. The minimum atomic E-state index is -0.325. The van der Waals surface area contributed by atoms with E-state index in [0.29, 0.717) is 18.9 Å². The van der Waals surface area contributed by atoms with Crippen LogP contribution in [0.5, 0.6) is 0 Å². The number of nitrogens with zero attached hydrogens (tertiary/aromatic N) is 2. The Balaban J connectivity index is 1.56. The zero-order valence-corrected chi connectivity index (χ0v) is 15.6. The van der Waals surface area contributed by atoms with E-state index in [1.54, 1.807) is 11.1 Å². The summed E-state index contributed by atoms with van der Waals surface area (Å²) in [6.45, 7) is 3.04. The van der Waals surface area contributed by atoms with Gasteiger partial charge in [0.25, 0.3) is 0 Å². The molecule has 3 rings (SSSR count). The van der Waals surface area contributed by atoms with Gasteiger partial charge in [-0.15, -0.1) is 0 Å². The predicted octanol–water partition coefficient (Wildman–Crippen LogP) is 3.18. The third-order valence-corrected chi connectivity index (χ3v) is 5.23. The van der Waals surface area contributed by atoms with Crippen molar-refractivity contribution in [3.8, 4) is 0 Å². The highest BCUT2D eigenvalue weighted by molar-refractivity contribution is 9.10. The van der Waals surface area contributed by atoms with Crippen LogP contribution >= 0.6 is 15.9 Å². The Morgan fingerprint density at radius 3 is 2.84 bits per heavy atom. The van der Waals surface area contributed by atoms with E-state index >= 15 is 0 Å². The SMILES string of the molecule is Cc1cc(NC(=O)C2CC(=O)N(CCc3ccccc3)C2)ncc1Br. The lowest BCUT2D eigenvalue weighted by atomic mass is 10.1. The number of hydrogen-bond donors (Lipinski definition) is 1. The van der Waals surface area contributed by atoms with Gasteiger partial charge in [0, 0.05) is 30.2 Å². The first kappa shape index (κ1) is 17.6. The van der Waals surface area contributed by atoms with E-state index in [-0.39, 0.29) is 24.2 Å². The molecular formula is C19H20BrN3O2. The third kappa shape index (κ3) is 4.45. The molecule has 1 N–H and O–H groups in total. The van der Waals surface area contributed by atoms with Crippen LogP contribution in [0, 0.1) is 12.8 Å². The molecule has 0 radical (unpaired) electrons. The first-order chi connectivity index (χ1) is 12.0. The van der Waals surface area contributed by atoms with Gasteiger partial charge in [-0.25, -0.2) is 4.98 Å². The summed E-state index contributed by atoms with van der Waals surface area (Å²) in [7, 11) is 0. The van der Waals surface area contributed by atoms with Crippen molar-refractivity contribution in [2.24, 2.45) is 5.92 Å². The number of carbonyl (C=O) groups excluding carboxylic acids is 2. The van der Waals surface area contributed by atoms with Crippen molar-refractivity contribution in [1.82, 2.24) is 9.88 Å². The molecule has 0 saturated carbocycles. The molecule has 2 aromatic rings. The van der Waals surface area contributed by atoms with Gasteiger partial charge in [0.15, 0.2) is 0 Å². The second-order valence-electron chi connectivity index (χ2n) is 6.28. The minimum Gasteiger partial charge on any atom is -0.342 e. The number of halogens is 1. The highest BCUT2D eigenvalue weighted by Crippen LogP contribution is 2.21. The zero-order valence-electron chi connectivity index (χ0n) is 14.0. The summed E-state index contributed by atoms with van der Waals surface area (Å²) in [4.78, 5) is 30.6. The number of benzene rings is 1. The molecule has 6 heteroatoms. The molecule has 25 heavy (non-hydrogen) atoms. The molecule has 1 aliphatic rings. The molecule has 1 atom stereocenters. The highest BCUT2D eigenvalue weighted by Gasteiger charge is 2.34. The van der Waals surface area contributed by atoms with Crippen LogP contribution in [0.4, 0.5) is 5.82 Å². The number of nitrogens with one attached hydrogen (secondary N) is 1. The van der Waals surface area contributed by atoms with Crippen molar-refractivity contribution in [2.45, 2.75) is 19.8 Å². The van der Waals surface area contributed by atoms with Gasteiger partial charge in [0.05, 0.1) is 5.92 Å². The maximum absolute atomic E-state index is 12.4. The molecule has 1 saturated heterocycles. The van der Waals surface area contributed by atoms with Crippen LogP contribution in [-0.2, 0) is 16.0 Å². The number of pyridine rings is 1. The van der Waals surface area contributed by atoms with Crippen molar-refractivity contribution in [1.29, 1.82) is 0 Å². The first-order valence-corrected chi connectivity index (χ1v) is 9.07. The third-order valence-electron chi connectivity index (χ3n) is 4.40. The Kier molecular flexibility index (Phi) is 5.48. The van der Waals surface area contributed by atoms with Gasteiger partial charge in [-0.05, 0) is 46.5 Å². The van der Waals surface area contributed by atoms with Gasteiger partial charge < -0.3 is 10.2 Å². The summed E-state index contributed by atoms with van der Waals surface area (Å²) >= 11 is 3.39. The van der Waals surface area contributed by atoms with E-state index in [1.165, 1.54) is 5.56 Å². The van der Waals surface area contributed by atoms with Crippen LogP contribution < -0.4 is 5.32 Å². The maximum Gasteiger partial charge on any atom is 0.230 e. The summed E-state index contributed by atoms with van der Waals surface area (Å²) in [6.07, 6.45) is 2.72. The second-order valence-corrected chi connectivity index (χ2v) is 7.14. The normalized spacial score (nSPS) is 17.0. The minimum absolute atomic E-state index is 0.0380. The summed E-state index contributed by atoms with van der Waals surface area (Å²) in [5.41, 5.74) is 2.19. The number of aryl methyl sites for hydroxylation is 1. The van der Waals surface area contributed by atoms with Gasteiger partial charge in [0.2, 0.25) is 11.8 Å². The van der Waals surface area contributed by atoms with Crippen molar-refractivity contribution < 1.29 is 9.59 Å². The number of anilines is 1. The predicted molar refractivity (Wildman–Crippen MR) is 100 cm³/mol. The molecule has 1 aromatic heterocycles. The monoisotopic (exact) mass is 401 g/mol. The zero-order chi connectivity index (χ0) is 17.8. The summed E-state index contributed by atoms with van der Waals surface area (Å²) < 4.78 is 0.897. The average Bonchev–Trinajstić information content (AvgIpc) is 2.98. The van der Waals surface area contributed by atoms with Crippen LogP contribution in [0.1, 0.15) is 17.5 Å². The summed E-state index contributed by atoms with van der Waals surface area (Å²) in [5, 5.41) is 2.82. The number of aromatic nitrogens is 1. The summed E-state index contributed by atoms with van der Waals surface area (Å²) in [5.74, 6) is 0.0794. The molecular weight excluding hydrogens is 382 g/mol. The quantitative estimate of drug-likeness (QED) is 0.836. The van der Waals surface area contributed by atoms with E-state index in [1.807, 2.05) is 43.3 Å². The van der Waals surface area contributed by atoms with Crippen molar-refractivity contribution in [3.05, 3.63) is 58.2 Å². The van der Waals surface area contributed by atoms with Crippen molar-refractivity contribution >= 4 is 33.6 Å². The Morgan fingerprint density at radius 1 is 1.36 bits per heavy atom. The molecule has 1 fully saturated rings. The Morgan fingerprint density at radius 2 is 2.12 bits per heavy atom. The number of carbonyl (C=O) groups is 2. The number of likely N-dealkylation sites (tertiary alicyclic amines) is 1. The fraction of sp³-hybridized carbons (Fsp3) is 0.316. The van der Waals surface area contributed by atoms with Gasteiger partial charge in [-0.1, -0.05) is 30.3 Å². The molecule has 0 spiro atoms. The van der Waals surface area contributed by atoms with E-state index in [9.17, 15) is 9.59 Å². The molecule has 2 amide bonds. The van der Waals surface area contributed by atoms with E-state index in [4.69, 9.17) is 0 Å². The van der Waals surface area contributed by atoms with Crippen LogP contribution in [0.3, 0.4) is 0 Å².